The number of carbonyl (C=O) groups is 3. The van der Waals surface area contributed by atoms with Crippen molar-refractivity contribution in [2.24, 2.45) is 0 Å². The van der Waals surface area contributed by atoms with Crippen LogP contribution in [0.5, 0.6) is 0 Å². The summed E-state index contributed by atoms with van der Waals surface area (Å²) in [5.74, 6) is -1.19. The second-order valence-electron chi connectivity index (χ2n) is 8.49. The predicted molar refractivity (Wildman–Crippen MR) is 162 cm³/mol. The molecule has 4 aromatic rings. The normalized spacial score (nSPS) is 11.8. The molecule has 10 heteroatoms. The number of anilines is 2. The molecule has 1 atom stereocenters. The van der Waals surface area contributed by atoms with Crippen LogP contribution in [0.15, 0.2) is 108 Å². The highest BCUT2D eigenvalue weighted by Gasteiger charge is 2.18. The largest absolute Gasteiger partial charge is 0.325 e. The van der Waals surface area contributed by atoms with Gasteiger partial charge in [0.15, 0.2) is 0 Å². The number of carbonyl (C=O) groups excluding carboxylic acids is 3. The molecule has 40 heavy (non-hydrogen) atoms. The van der Waals surface area contributed by atoms with Crippen molar-refractivity contribution < 1.29 is 14.4 Å². The van der Waals surface area contributed by atoms with E-state index in [1.54, 1.807) is 98.2 Å². The van der Waals surface area contributed by atoms with Gasteiger partial charge in [-0.2, -0.15) is 0 Å². The van der Waals surface area contributed by atoms with Gasteiger partial charge in [-0.05, 0) is 67.1 Å². The summed E-state index contributed by atoms with van der Waals surface area (Å²) in [6.45, 7) is 1.79. The SMILES string of the molecule is CC(Sc1cccc(NC(=O)/C(=C\c2cccc(Cl)c2Cl)NC(=O)c2ccccc2)c1)C(=O)Nc1ccncc1. The molecule has 1 heterocycles. The molecule has 0 fully saturated rings. The first-order chi connectivity index (χ1) is 19.3. The van der Waals surface area contributed by atoms with Crippen LogP contribution in [0.4, 0.5) is 11.4 Å². The molecule has 7 nitrogen and oxygen atoms in total. The highest BCUT2D eigenvalue weighted by molar-refractivity contribution is 8.00. The first-order valence-corrected chi connectivity index (χ1v) is 13.7. The zero-order chi connectivity index (χ0) is 28.5. The maximum Gasteiger partial charge on any atom is 0.272 e. The molecule has 3 N–H and O–H groups in total. The molecule has 4 rings (SSSR count). The van der Waals surface area contributed by atoms with Crippen molar-refractivity contribution in [1.29, 1.82) is 0 Å². The minimum atomic E-state index is -0.564. The highest BCUT2D eigenvalue weighted by Crippen LogP contribution is 2.28. The zero-order valence-electron chi connectivity index (χ0n) is 21.2. The third-order valence-corrected chi connectivity index (χ3v) is 7.46. The minimum Gasteiger partial charge on any atom is -0.325 e. The molecule has 0 aliphatic rings. The molecule has 1 unspecified atom stereocenters. The van der Waals surface area contributed by atoms with E-state index in [1.807, 2.05) is 6.07 Å². The van der Waals surface area contributed by atoms with Crippen molar-refractivity contribution >= 4 is 70.1 Å². The number of hydrogen-bond acceptors (Lipinski definition) is 5. The summed E-state index contributed by atoms with van der Waals surface area (Å²) in [6, 6.07) is 24.1. The number of halogens is 2. The third kappa shape index (κ3) is 7.95. The Labute approximate surface area is 246 Å². The van der Waals surface area contributed by atoms with Gasteiger partial charge in [-0.3, -0.25) is 19.4 Å². The number of nitrogens with one attached hydrogen (secondary N) is 3. The van der Waals surface area contributed by atoms with E-state index < -0.39 is 17.1 Å². The Morgan fingerprint density at radius 2 is 1.57 bits per heavy atom. The average Bonchev–Trinajstić information content (AvgIpc) is 2.96. The van der Waals surface area contributed by atoms with Crippen LogP contribution in [-0.4, -0.2) is 28.0 Å². The fourth-order valence-electron chi connectivity index (χ4n) is 3.51. The number of amides is 3. The van der Waals surface area contributed by atoms with Gasteiger partial charge in [0.1, 0.15) is 5.70 Å². The Balaban J connectivity index is 1.51. The van der Waals surface area contributed by atoms with Crippen LogP contribution in [0.2, 0.25) is 10.0 Å². The Kier molecular flexibility index (Phi) is 9.96. The molecule has 0 aliphatic heterocycles. The van der Waals surface area contributed by atoms with Gasteiger partial charge in [0.25, 0.3) is 11.8 Å². The van der Waals surface area contributed by atoms with E-state index in [1.165, 1.54) is 17.8 Å². The summed E-state index contributed by atoms with van der Waals surface area (Å²) >= 11 is 13.8. The van der Waals surface area contributed by atoms with Crippen LogP contribution >= 0.6 is 35.0 Å². The zero-order valence-corrected chi connectivity index (χ0v) is 23.6. The van der Waals surface area contributed by atoms with Crippen molar-refractivity contribution in [3.63, 3.8) is 0 Å². The second-order valence-corrected chi connectivity index (χ2v) is 10.7. The van der Waals surface area contributed by atoms with Gasteiger partial charge in [0.05, 0.1) is 15.3 Å². The van der Waals surface area contributed by atoms with Gasteiger partial charge in [-0.25, -0.2) is 0 Å². The molecule has 0 saturated carbocycles. The summed E-state index contributed by atoms with van der Waals surface area (Å²) in [6.07, 6.45) is 4.67. The lowest BCUT2D eigenvalue weighted by Gasteiger charge is -2.14. The minimum absolute atomic E-state index is 0.0267. The molecule has 3 amide bonds. The van der Waals surface area contributed by atoms with E-state index in [9.17, 15) is 14.4 Å². The van der Waals surface area contributed by atoms with Gasteiger partial charge < -0.3 is 16.0 Å². The monoisotopic (exact) mass is 590 g/mol. The van der Waals surface area contributed by atoms with Gasteiger partial charge in [0.2, 0.25) is 5.91 Å². The smallest absolute Gasteiger partial charge is 0.272 e. The Morgan fingerprint density at radius 1 is 0.850 bits per heavy atom. The lowest BCUT2D eigenvalue weighted by molar-refractivity contribution is -0.115. The first kappa shape index (κ1) is 28.9. The van der Waals surface area contributed by atoms with Crippen LogP contribution in [0.1, 0.15) is 22.8 Å². The summed E-state index contributed by atoms with van der Waals surface area (Å²) < 4.78 is 0. The number of pyridine rings is 1. The summed E-state index contributed by atoms with van der Waals surface area (Å²) in [4.78, 5) is 43.6. The molecule has 1 aromatic heterocycles. The Bertz CT molecular complexity index is 1550. The number of aromatic nitrogens is 1. The van der Waals surface area contributed by atoms with Crippen LogP contribution in [0, 0.1) is 0 Å². The number of rotatable bonds is 9. The van der Waals surface area contributed by atoms with Crippen molar-refractivity contribution in [2.45, 2.75) is 17.1 Å². The Hall–Kier alpha value is -4.11. The highest BCUT2D eigenvalue weighted by atomic mass is 35.5. The van der Waals surface area contributed by atoms with Gasteiger partial charge in [0, 0.05) is 34.2 Å². The number of thioether (sulfide) groups is 1. The molecule has 0 spiro atoms. The van der Waals surface area contributed by atoms with Crippen molar-refractivity contribution in [2.75, 3.05) is 10.6 Å². The topological polar surface area (TPSA) is 100 Å². The van der Waals surface area contributed by atoms with Crippen LogP contribution in [0.25, 0.3) is 6.08 Å². The third-order valence-electron chi connectivity index (χ3n) is 5.53. The molecule has 3 aromatic carbocycles. The van der Waals surface area contributed by atoms with Crippen molar-refractivity contribution in [3.05, 3.63) is 124 Å². The fraction of sp³-hybridized carbons (Fsp3) is 0.0667. The first-order valence-electron chi connectivity index (χ1n) is 12.1. The van der Waals surface area contributed by atoms with Crippen molar-refractivity contribution in [3.8, 4) is 0 Å². The lowest BCUT2D eigenvalue weighted by atomic mass is 10.1. The molecule has 0 saturated heterocycles. The maximum atomic E-state index is 13.4. The van der Waals surface area contributed by atoms with E-state index in [4.69, 9.17) is 23.2 Å². The summed E-state index contributed by atoms with van der Waals surface area (Å²) in [5, 5.41) is 8.50. The predicted octanol–water partition coefficient (Wildman–Crippen LogP) is 6.92. The fourth-order valence-corrected chi connectivity index (χ4v) is 4.80. The molecule has 202 valence electrons. The lowest BCUT2D eigenvalue weighted by Crippen LogP contribution is -2.30. The van der Waals surface area contributed by atoms with Crippen molar-refractivity contribution in [1.82, 2.24) is 10.3 Å². The maximum absolute atomic E-state index is 13.4. The molecule has 0 radical (unpaired) electrons. The van der Waals surface area contributed by atoms with E-state index in [0.717, 1.165) is 4.90 Å². The van der Waals surface area contributed by atoms with Crippen LogP contribution in [-0.2, 0) is 9.59 Å². The molecular formula is C30H24Cl2N4O3S. The van der Waals surface area contributed by atoms with E-state index >= 15 is 0 Å². The number of benzene rings is 3. The average molecular weight is 592 g/mol. The Morgan fingerprint density at radius 3 is 2.33 bits per heavy atom. The molecule has 0 bridgehead atoms. The molecule has 0 aliphatic carbocycles. The van der Waals surface area contributed by atoms with Crippen LogP contribution < -0.4 is 16.0 Å². The van der Waals surface area contributed by atoms with E-state index in [2.05, 4.69) is 20.9 Å². The summed E-state index contributed by atoms with van der Waals surface area (Å²) in [5.41, 5.74) is 1.96. The summed E-state index contributed by atoms with van der Waals surface area (Å²) in [7, 11) is 0. The number of hydrogen-bond donors (Lipinski definition) is 3. The van der Waals surface area contributed by atoms with Gasteiger partial charge in [-0.1, -0.05) is 59.6 Å². The van der Waals surface area contributed by atoms with E-state index in [0.29, 0.717) is 27.5 Å². The standard InChI is InChI=1S/C30H24Cl2N4O3S/c1-19(28(37)34-22-13-15-33-16-14-22)40-24-11-6-10-23(18-24)35-30(39)26(17-21-9-5-12-25(31)27(21)32)36-29(38)20-7-3-2-4-8-20/h2-19H,1H3,(H,35,39)(H,36,38)(H,33,34,37)/b26-17+. The van der Waals surface area contributed by atoms with E-state index in [-0.39, 0.29) is 16.6 Å². The van der Waals surface area contributed by atoms with Gasteiger partial charge in [-0.15, -0.1) is 11.8 Å². The second kappa shape index (κ2) is 13.8. The van der Waals surface area contributed by atoms with Crippen LogP contribution in [0.3, 0.4) is 0 Å². The molecular weight excluding hydrogens is 567 g/mol. The van der Waals surface area contributed by atoms with Gasteiger partial charge >= 0.3 is 0 Å². The quantitative estimate of drug-likeness (QED) is 0.145. The number of nitrogens with zero attached hydrogens (tertiary/aromatic N) is 1.